The molecule has 146 valence electrons. The number of amides is 1. The van der Waals surface area contributed by atoms with Crippen LogP contribution in [0.1, 0.15) is 33.5 Å². The summed E-state index contributed by atoms with van der Waals surface area (Å²) in [6, 6.07) is 5.46. The third kappa shape index (κ3) is 3.66. The summed E-state index contributed by atoms with van der Waals surface area (Å²) in [6.45, 7) is 5.74. The topological polar surface area (TPSA) is 77.8 Å². The Morgan fingerprint density at radius 3 is 2.64 bits per heavy atom. The zero-order valence-corrected chi connectivity index (χ0v) is 17.2. The second kappa shape index (κ2) is 7.90. The molecular weight excluding hydrogens is 378 g/mol. The summed E-state index contributed by atoms with van der Waals surface area (Å²) < 4.78 is 16.0. The summed E-state index contributed by atoms with van der Waals surface area (Å²) in [6.07, 6.45) is 1.48. The molecule has 28 heavy (non-hydrogen) atoms. The van der Waals surface area contributed by atoms with Gasteiger partial charge in [-0.2, -0.15) is 0 Å². The number of carbonyl (C=O) groups excluding carboxylic acids is 2. The zero-order valence-electron chi connectivity index (χ0n) is 16.3. The van der Waals surface area contributed by atoms with Crippen LogP contribution >= 0.6 is 11.3 Å². The van der Waals surface area contributed by atoms with Crippen molar-refractivity contribution in [2.24, 2.45) is 0 Å². The van der Waals surface area contributed by atoms with Crippen LogP contribution in [0.5, 0.6) is 5.75 Å². The van der Waals surface area contributed by atoms with Crippen LogP contribution in [-0.4, -0.2) is 26.1 Å². The summed E-state index contributed by atoms with van der Waals surface area (Å²) in [5.74, 6) is 0.641. The van der Waals surface area contributed by atoms with E-state index in [-0.39, 0.29) is 5.91 Å². The average molecular weight is 399 g/mol. The Kier molecular flexibility index (Phi) is 5.56. The number of carbonyl (C=O) groups is 2. The predicted molar refractivity (Wildman–Crippen MR) is 110 cm³/mol. The number of nitrogens with one attached hydrogen (secondary N) is 1. The van der Waals surface area contributed by atoms with Crippen LogP contribution in [0.4, 0.5) is 5.69 Å². The van der Waals surface area contributed by atoms with Crippen LogP contribution in [0.2, 0.25) is 0 Å². The highest BCUT2D eigenvalue weighted by molar-refractivity contribution is 7.12. The average Bonchev–Trinajstić information content (AvgIpc) is 3.24. The molecule has 7 heteroatoms. The number of allylic oxidation sites excluding steroid dienone is 1. The van der Waals surface area contributed by atoms with Crippen LogP contribution in [0.15, 0.2) is 34.1 Å². The van der Waals surface area contributed by atoms with Gasteiger partial charge in [-0.05, 0) is 49.4 Å². The number of rotatable bonds is 5. The van der Waals surface area contributed by atoms with Crippen LogP contribution in [0.3, 0.4) is 0 Å². The second-order valence-electron chi connectivity index (χ2n) is 6.30. The van der Waals surface area contributed by atoms with Crippen LogP contribution < -0.4 is 10.1 Å². The first-order valence-electron chi connectivity index (χ1n) is 8.59. The van der Waals surface area contributed by atoms with Gasteiger partial charge >= 0.3 is 5.97 Å². The number of hydrogen-bond donors (Lipinski definition) is 1. The minimum absolute atomic E-state index is 0.344. The molecule has 3 rings (SSSR count). The van der Waals surface area contributed by atoms with E-state index < -0.39 is 5.97 Å². The third-order valence-corrected chi connectivity index (χ3v) is 5.46. The molecule has 0 atom stereocenters. The SMILES string of the molecule is COC(=O)c1sccc1NC(=O)/C=C(\C)c1cc2c(C)c(C)oc2cc1OC. The van der Waals surface area contributed by atoms with Crippen molar-refractivity contribution in [3.63, 3.8) is 0 Å². The maximum Gasteiger partial charge on any atom is 0.350 e. The zero-order chi connectivity index (χ0) is 20.4. The number of fused-ring (bicyclic) bond motifs is 1. The van der Waals surface area contributed by atoms with Gasteiger partial charge in [-0.25, -0.2) is 4.79 Å². The number of furan rings is 1. The number of thiophene rings is 1. The van der Waals surface area contributed by atoms with E-state index in [0.29, 0.717) is 16.3 Å². The highest BCUT2D eigenvalue weighted by Gasteiger charge is 2.17. The first kappa shape index (κ1) is 19.7. The van der Waals surface area contributed by atoms with E-state index in [2.05, 4.69) is 5.32 Å². The fourth-order valence-corrected chi connectivity index (χ4v) is 3.71. The summed E-state index contributed by atoms with van der Waals surface area (Å²) in [5.41, 5.74) is 3.75. The lowest BCUT2D eigenvalue weighted by Gasteiger charge is -2.10. The van der Waals surface area contributed by atoms with Gasteiger partial charge in [0.25, 0.3) is 0 Å². The Morgan fingerprint density at radius 1 is 1.21 bits per heavy atom. The van der Waals surface area contributed by atoms with E-state index in [0.717, 1.165) is 33.4 Å². The van der Waals surface area contributed by atoms with Gasteiger partial charge in [-0.1, -0.05) is 0 Å². The summed E-state index contributed by atoms with van der Waals surface area (Å²) in [7, 11) is 2.88. The van der Waals surface area contributed by atoms with Gasteiger partial charge < -0.3 is 19.2 Å². The van der Waals surface area contributed by atoms with E-state index in [1.165, 1.54) is 24.5 Å². The molecular formula is C21H21NO5S. The minimum Gasteiger partial charge on any atom is -0.496 e. The molecule has 1 N–H and O–H groups in total. The Labute approximate surface area is 166 Å². The minimum atomic E-state index is -0.482. The smallest absolute Gasteiger partial charge is 0.350 e. The van der Waals surface area contributed by atoms with Gasteiger partial charge in [0.05, 0.1) is 19.9 Å². The lowest BCUT2D eigenvalue weighted by atomic mass is 10.0. The van der Waals surface area contributed by atoms with Gasteiger partial charge in [0, 0.05) is 23.1 Å². The lowest BCUT2D eigenvalue weighted by molar-refractivity contribution is -0.111. The van der Waals surface area contributed by atoms with Crippen LogP contribution in [-0.2, 0) is 9.53 Å². The van der Waals surface area contributed by atoms with Crippen molar-refractivity contribution < 1.29 is 23.5 Å². The highest BCUT2D eigenvalue weighted by atomic mass is 32.1. The monoisotopic (exact) mass is 399 g/mol. The molecule has 2 heterocycles. The Bertz CT molecular complexity index is 1090. The Hall–Kier alpha value is -3.06. The first-order chi connectivity index (χ1) is 13.3. The Morgan fingerprint density at radius 2 is 1.96 bits per heavy atom. The fraction of sp³-hybridized carbons (Fsp3) is 0.238. The van der Waals surface area contributed by atoms with Gasteiger partial charge in [-0.3, -0.25) is 4.79 Å². The van der Waals surface area contributed by atoms with Gasteiger partial charge in [-0.15, -0.1) is 11.3 Å². The Balaban J connectivity index is 1.92. The van der Waals surface area contributed by atoms with E-state index in [4.69, 9.17) is 13.9 Å². The number of ether oxygens (including phenoxy) is 2. The number of benzene rings is 1. The normalized spacial score (nSPS) is 11.5. The van der Waals surface area contributed by atoms with E-state index >= 15 is 0 Å². The summed E-state index contributed by atoms with van der Waals surface area (Å²) in [5, 5.41) is 5.43. The van der Waals surface area contributed by atoms with Crippen molar-refractivity contribution in [2.45, 2.75) is 20.8 Å². The summed E-state index contributed by atoms with van der Waals surface area (Å²) >= 11 is 1.21. The molecule has 0 unspecified atom stereocenters. The quantitative estimate of drug-likeness (QED) is 0.485. The van der Waals surface area contributed by atoms with E-state index in [9.17, 15) is 9.59 Å². The summed E-state index contributed by atoms with van der Waals surface area (Å²) in [4.78, 5) is 24.6. The first-order valence-corrected chi connectivity index (χ1v) is 9.46. The number of aryl methyl sites for hydroxylation is 2. The predicted octanol–water partition coefficient (Wildman–Crippen LogP) is 4.95. The maximum absolute atomic E-state index is 12.5. The molecule has 0 spiro atoms. The molecule has 0 saturated heterocycles. The standard InChI is InChI=1S/C21H21NO5S/c1-11(8-19(23)22-16-6-7-28-20(16)21(24)26-5)14-9-15-12(2)13(3)27-18(15)10-17(14)25-4/h6-10H,1-5H3,(H,22,23)/b11-8+. The highest BCUT2D eigenvalue weighted by Crippen LogP contribution is 2.35. The number of esters is 1. The molecule has 1 amide bonds. The molecule has 0 fully saturated rings. The third-order valence-electron chi connectivity index (χ3n) is 4.56. The molecule has 0 aliphatic heterocycles. The molecule has 0 bridgehead atoms. The molecule has 3 aromatic rings. The molecule has 2 aromatic heterocycles. The van der Waals surface area contributed by atoms with Crippen LogP contribution in [0.25, 0.3) is 16.5 Å². The van der Waals surface area contributed by atoms with Crippen molar-refractivity contribution in [3.8, 4) is 5.75 Å². The van der Waals surface area contributed by atoms with Crippen molar-refractivity contribution in [3.05, 3.63) is 51.4 Å². The van der Waals surface area contributed by atoms with Gasteiger partial charge in [0.2, 0.25) is 5.91 Å². The largest absolute Gasteiger partial charge is 0.496 e. The fourth-order valence-electron chi connectivity index (χ4n) is 2.95. The van der Waals surface area contributed by atoms with Crippen molar-refractivity contribution in [1.82, 2.24) is 0 Å². The van der Waals surface area contributed by atoms with Crippen molar-refractivity contribution >= 4 is 45.4 Å². The van der Waals surface area contributed by atoms with E-state index in [1.807, 2.05) is 32.9 Å². The molecule has 0 saturated carbocycles. The number of hydrogen-bond acceptors (Lipinski definition) is 6. The molecule has 0 aliphatic rings. The second-order valence-corrected chi connectivity index (χ2v) is 7.22. The van der Waals surface area contributed by atoms with Gasteiger partial charge in [0.1, 0.15) is 22.0 Å². The van der Waals surface area contributed by atoms with Gasteiger partial charge in [0.15, 0.2) is 0 Å². The molecule has 0 aliphatic carbocycles. The van der Waals surface area contributed by atoms with Crippen molar-refractivity contribution in [1.29, 1.82) is 0 Å². The molecule has 0 radical (unpaired) electrons. The molecule has 6 nitrogen and oxygen atoms in total. The molecule has 1 aromatic carbocycles. The van der Waals surface area contributed by atoms with Crippen molar-refractivity contribution in [2.75, 3.05) is 19.5 Å². The number of anilines is 1. The van der Waals surface area contributed by atoms with E-state index in [1.54, 1.807) is 18.6 Å². The van der Waals surface area contributed by atoms with Crippen LogP contribution in [0, 0.1) is 13.8 Å². The maximum atomic E-state index is 12.5. The lowest BCUT2D eigenvalue weighted by Crippen LogP contribution is -2.11. The number of methoxy groups -OCH3 is 2.